The van der Waals surface area contributed by atoms with Crippen LogP contribution in [0, 0.1) is 10.1 Å². The van der Waals surface area contributed by atoms with Crippen LogP contribution in [0.15, 0.2) is 12.1 Å². The molecule has 1 aromatic carbocycles. The Morgan fingerprint density at radius 3 is 2.70 bits per heavy atom. The van der Waals surface area contributed by atoms with E-state index in [1.54, 1.807) is 18.8 Å². The first kappa shape index (κ1) is 16.6. The van der Waals surface area contributed by atoms with Crippen LogP contribution in [0.2, 0.25) is 5.02 Å². The van der Waals surface area contributed by atoms with Crippen LogP contribution in [0.3, 0.4) is 0 Å². The van der Waals surface area contributed by atoms with E-state index in [0.29, 0.717) is 0 Å². The van der Waals surface area contributed by atoms with Crippen molar-refractivity contribution in [1.82, 2.24) is 4.90 Å². The second-order valence-electron chi connectivity index (χ2n) is 4.37. The third-order valence-corrected chi connectivity index (χ3v) is 4.07. The van der Waals surface area contributed by atoms with Gasteiger partial charge < -0.3 is 10.6 Å². The standard InChI is InChI=1S/C12H16ClN3O3S/c1-7(6-20-3)15(2)12(17)9-4-8(16(18)19)5-10(13)11(9)14/h4-5,7H,6,14H2,1-3H3. The van der Waals surface area contributed by atoms with Gasteiger partial charge in [-0.3, -0.25) is 14.9 Å². The smallest absolute Gasteiger partial charge is 0.271 e. The van der Waals surface area contributed by atoms with Gasteiger partial charge in [-0.05, 0) is 13.2 Å². The lowest BCUT2D eigenvalue weighted by Crippen LogP contribution is -2.37. The number of benzene rings is 1. The predicted octanol–water partition coefficient (Wildman–Crippen LogP) is 2.65. The van der Waals surface area contributed by atoms with E-state index in [2.05, 4.69) is 0 Å². The van der Waals surface area contributed by atoms with Gasteiger partial charge in [0.1, 0.15) is 0 Å². The summed E-state index contributed by atoms with van der Waals surface area (Å²) in [6.07, 6.45) is 1.94. The van der Waals surface area contributed by atoms with Gasteiger partial charge in [0.05, 0.1) is 21.2 Å². The van der Waals surface area contributed by atoms with Crippen molar-refractivity contribution in [2.45, 2.75) is 13.0 Å². The molecule has 1 amide bonds. The van der Waals surface area contributed by atoms with E-state index in [0.717, 1.165) is 17.9 Å². The third kappa shape index (κ3) is 3.55. The average molecular weight is 318 g/mol. The molecule has 1 rings (SSSR count). The summed E-state index contributed by atoms with van der Waals surface area (Å²) in [6.45, 7) is 1.89. The van der Waals surface area contributed by atoms with E-state index in [-0.39, 0.29) is 33.9 Å². The summed E-state index contributed by atoms with van der Waals surface area (Å²) < 4.78 is 0. The molecule has 0 aliphatic heterocycles. The van der Waals surface area contributed by atoms with Gasteiger partial charge in [-0.1, -0.05) is 11.6 Å². The topological polar surface area (TPSA) is 89.5 Å². The van der Waals surface area contributed by atoms with Crippen molar-refractivity contribution in [2.24, 2.45) is 0 Å². The number of nitro benzene ring substituents is 1. The molecule has 0 heterocycles. The van der Waals surface area contributed by atoms with Crippen LogP contribution in [0.1, 0.15) is 17.3 Å². The van der Waals surface area contributed by atoms with Gasteiger partial charge in [0.25, 0.3) is 11.6 Å². The first-order chi connectivity index (χ1) is 9.29. The fourth-order valence-electron chi connectivity index (χ4n) is 1.63. The first-order valence-corrected chi connectivity index (χ1v) is 7.56. The number of carbonyl (C=O) groups is 1. The molecule has 0 radical (unpaired) electrons. The number of nitrogens with two attached hydrogens (primary N) is 1. The monoisotopic (exact) mass is 317 g/mol. The van der Waals surface area contributed by atoms with Gasteiger partial charge in [0.15, 0.2) is 0 Å². The number of thioether (sulfide) groups is 1. The fourth-order valence-corrected chi connectivity index (χ4v) is 2.55. The Morgan fingerprint density at radius 2 is 2.20 bits per heavy atom. The van der Waals surface area contributed by atoms with Crippen LogP contribution in [-0.2, 0) is 0 Å². The van der Waals surface area contributed by atoms with Crippen LogP contribution >= 0.6 is 23.4 Å². The molecule has 0 aliphatic carbocycles. The molecule has 0 aliphatic rings. The van der Waals surface area contributed by atoms with Gasteiger partial charge >= 0.3 is 0 Å². The van der Waals surface area contributed by atoms with Crippen molar-refractivity contribution >= 4 is 40.6 Å². The Kier molecular flexibility index (Phi) is 5.64. The SMILES string of the molecule is CSCC(C)N(C)C(=O)c1cc([N+](=O)[O-])cc(Cl)c1N. The van der Waals surface area contributed by atoms with E-state index in [1.807, 2.05) is 13.2 Å². The number of amides is 1. The molecule has 0 saturated heterocycles. The Bertz CT molecular complexity index is 539. The highest BCUT2D eigenvalue weighted by Crippen LogP contribution is 2.29. The van der Waals surface area contributed by atoms with Gasteiger partial charge in [-0.25, -0.2) is 0 Å². The normalized spacial score (nSPS) is 12.0. The van der Waals surface area contributed by atoms with Crippen LogP contribution < -0.4 is 5.73 Å². The molecule has 6 nitrogen and oxygen atoms in total. The molecule has 1 aromatic rings. The molecule has 0 aromatic heterocycles. The summed E-state index contributed by atoms with van der Waals surface area (Å²) in [5.41, 5.74) is 5.62. The van der Waals surface area contributed by atoms with E-state index in [4.69, 9.17) is 17.3 Å². The van der Waals surface area contributed by atoms with Crippen molar-refractivity contribution in [3.63, 3.8) is 0 Å². The number of nitrogen functional groups attached to an aromatic ring is 1. The van der Waals surface area contributed by atoms with E-state index in [9.17, 15) is 14.9 Å². The first-order valence-electron chi connectivity index (χ1n) is 5.79. The number of nitro groups is 1. The molecular formula is C12H16ClN3O3S. The molecule has 20 heavy (non-hydrogen) atoms. The number of carbonyl (C=O) groups excluding carboxylic acids is 1. The van der Waals surface area contributed by atoms with E-state index in [1.165, 1.54) is 4.90 Å². The number of rotatable bonds is 5. The summed E-state index contributed by atoms with van der Waals surface area (Å²) in [4.78, 5) is 24.1. The zero-order valence-electron chi connectivity index (χ0n) is 11.4. The molecule has 0 saturated carbocycles. The van der Waals surface area contributed by atoms with Crippen LogP contribution in [0.25, 0.3) is 0 Å². The number of non-ortho nitro benzene ring substituents is 1. The highest BCUT2D eigenvalue weighted by atomic mass is 35.5. The fraction of sp³-hybridized carbons (Fsp3) is 0.417. The lowest BCUT2D eigenvalue weighted by Gasteiger charge is -2.25. The van der Waals surface area contributed by atoms with Gasteiger partial charge in [0, 0.05) is 31.0 Å². The summed E-state index contributed by atoms with van der Waals surface area (Å²) in [5, 5.41) is 10.8. The maximum atomic E-state index is 12.4. The molecule has 0 fully saturated rings. The Balaban J connectivity index is 3.18. The quantitative estimate of drug-likeness (QED) is 0.512. The van der Waals surface area contributed by atoms with Crippen molar-refractivity contribution in [3.05, 3.63) is 32.8 Å². The largest absolute Gasteiger partial charge is 0.397 e. The summed E-state index contributed by atoms with van der Waals surface area (Å²) in [5.74, 6) is 0.375. The predicted molar refractivity (Wildman–Crippen MR) is 82.5 cm³/mol. The Hall–Kier alpha value is -1.47. The summed E-state index contributed by atoms with van der Waals surface area (Å²) >= 11 is 7.45. The highest BCUT2D eigenvalue weighted by molar-refractivity contribution is 7.98. The number of hydrogen-bond acceptors (Lipinski definition) is 5. The van der Waals surface area contributed by atoms with Gasteiger partial charge in [-0.2, -0.15) is 11.8 Å². The molecule has 1 atom stereocenters. The van der Waals surface area contributed by atoms with E-state index < -0.39 is 4.92 Å². The Labute approximate surface area is 126 Å². The second-order valence-corrected chi connectivity index (χ2v) is 5.68. The molecule has 0 bridgehead atoms. The van der Waals surface area contributed by atoms with Crippen LogP contribution in [0.4, 0.5) is 11.4 Å². The highest BCUT2D eigenvalue weighted by Gasteiger charge is 2.23. The molecule has 1 unspecified atom stereocenters. The zero-order valence-corrected chi connectivity index (χ0v) is 13.0. The Morgan fingerprint density at radius 1 is 1.60 bits per heavy atom. The molecule has 0 spiro atoms. The average Bonchev–Trinajstić information content (AvgIpc) is 2.40. The summed E-state index contributed by atoms with van der Waals surface area (Å²) in [7, 11) is 1.63. The minimum Gasteiger partial charge on any atom is -0.397 e. The van der Waals surface area contributed by atoms with Crippen molar-refractivity contribution in [3.8, 4) is 0 Å². The molecule has 8 heteroatoms. The number of halogens is 1. The minimum atomic E-state index is -0.604. The van der Waals surface area contributed by atoms with E-state index >= 15 is 0 Å². The maximum Gasteiger partial charge on any atom is 0.271 e. The summed E-state index contributed by atoms with van der Waals surface area (Å²) in [6, 6.07) is 2.28. The number of hydrogen-bond donors (Lipinski definition) is 1. The third-order valence-electron chi connectivity index (χ3n) is 2.94. The van der Waals surface area contributed by atoms with Crippen molar-refractivity contribution in [2.75, 3.05) is 24.8 Å². The van der Waals surface area contributed by atoms with Gasteiger partial charge in [0.2, 0.25) is 0 Å². The number of nitrogens with zero attached hydrogens (tertiary/aromatic N) is 2. The van der Waals surface area contributed by atoms with Crippen LogP contribution in [-0.4, -0.2) is 40.8 Å². The lowest BCUT2D eigenvalue weighted by molar-refractivity contribution is -0.384. The van der Waals surface area contributed by atoms with Crippen molar-refractivity contribution < 1.29 is 9.72 Å². The van der Waals surface area contributed by atoms with Gasteiger partial charge in [-0.15, -0.1) is 0 Å². The molecule has 2 N–H and O–H groups in total. The maximum absolute atomic E-state index is 12.4. The zero-order chi connectivity index (χ0) is 15.4. The molecule has 110 valence electrons. The minimum absolute atomic E-state index is 0.00784. The van der Waals surface area contributed by atoms with Crippen LogP contribution in [0.5, 0.6) is 0 Å². The van der Waals surface area contributed by atoms with Crippen molar-refractivity contribution in [1.29, 1.82) is 0 Å². The number of anilines is 1. The lowest BCUT2D eigenvalue weighted by atomic mass is 10.1. The molecular weight excluding hydrogens is 302 g/mol. The second kappa shape index (κ2) is 6.81.